The third kappa shape index (κ3) is 2.85. The number of nitrogens with one attached hydrogen (secondary N) is 1. The van der Waals surface area contributed by atoms with Gasteiger partial charge in [0.25, 0.3) is 0 Å². The Morgan fingerprint density at radius 3 is 2.64 bits per heavy atom. The zero-order valence-electron chi connectivity index (χ0n) is 15.0. The van der Waals surface area contributed by atoms with E-state index in [2.05, 4.69) is 15.3 Å². The first-order valence-electron chi connectivity index (χ1n) is 9.30. The molecule has 0 amide bonds. The topological polar surface area (TPSA) is 47.0 Å². The van der Waals surface area contributed by atoms with Crippen LogP contribution in [0.15, 0.2) is 48.8 Å². The van der Waals surface area contributed by atoms with Crippen LogP contribution in [-0.4, -0.2) is 15.6 Å². The smallest absolute Gasteiger partial charge is 0.416 e. The normalized spacial score (nSPS) is 20.3. The van der Waals surface area contributed by atoms with Crippen LogP contribution < -0.4 is 10.1 Å². The molecule has 0 saturated heterocycles. The van der Waals surface area contributed by atoms with E-state index in [0.29, 0.717) is 16.7 Å². The second kappa shape index (κ2) is 6.09. The molecule has 5 rings (SSSR count). The van der Waals surface area contributed by atoms with Gasteiger partial charge in [-0.15, -0.1) is 0 Å². The van der Waals surface area contributed by atoms with Crippen LogP contribution in [0.4, 0.5) is 19.0 Å². The molecule has 1 N–H and O–H groups in total. The summed E-state index contributed by atoms with van der Waals surface area (Å²) in [5, 5.41) is 3.75. The fourth-order valence-corrected chi connectivity index (χ4v) is 4.14. The van der Waals surface area contributed by atoms with Crippen molar-refractivity contribution in [2.45, 2.75) is 43.5 Å². The molecule has 1 aliphatic carbocycles. The van der Waals surface area contributed by atoms with Crippen LogP contribution in [0.3, 0.4) is 0 Å². The number of ether oxygens (including phenoxy) is 1. The molecular weight excluding hydrogens is 367 g/mol. The standard InChI is InChI=1S/C21H18F3N3O/c22-21(23,24)13-6-7-16-15(10-13)19(26-12-25-16)27-17-11-20(8-3-9-20)28-18-5-2-1-4-14(17)18/h1-2,4-7,10,12,17H,3,8-9,11H2,(H,25,26,27). The minimum absolute atomic E-state index is 0.0853. The Morgan fingerprint density at radius 1 is 1.07 bits per heavy atom. The summed E-state index contributed by atoms with van der Waals surface area (Å²) in [6.45, 7) is 0. The molecule has 0 radical (unpaired) electrons. The summed E-state index contributed by atoms with van der Waals surface area (Å²) in [6, 6.07) is 11.3. The Balaban J connectivity index is 1.56. The Kier molecular flexibility index (Phi) is 3.76. The van der Waals surface area contributed by atoms with Crippen molar-refractivity contribution < 1.29 is 17.9 Å². The molecule has 1 atom stereocenters. The van der Waals surface area contributed by atoms with Crippen LogP contribution in [0.25, 0.3) is 10.9 Å². The number of benzene rings is 2. The van der Waals surface area contributed by atoms with Crippen LogP contribution in [0.2, 0.25) is 0 Å². The summed E-state index contributed by atoms with van der Waals surface area (Å²) in [4.78, 5) is 8.37. The maximum Gasteiger partial charge on any atom is 0.416 e. The van der Waals surface area contributed by atoms with E-state index in [4.69, 9.17) is 4.74 Å². The molecule has 2 aromatic carbocycles. The number of aromatic nitrogens is 2. The molecule has 28 heavy (non-hydrogen) atoms. The highest BCUT2D eigenvalue weighted by Gasteiger charge is 2.45. The molecule has 1 aromatic heterocycles. The second-order valence-electron chi connectivity index (χ2n) is 7.53. The Labute approximate surface area is 159 Å². The molecule has 1 fully saturated rings. The first kappa shape index (κ1) is 17.3. The van der Waals surface area contributed by atoms with Crippen molar-refractivity contribution in [3.8, 4) is 5.75 Å². The quantitative estimate of drug-likeness (QED) is 0.632. The fourth-order valence-electron chi connectivity index (χ4n) is 4.14. The van der Waals surface area contributed by atoms with Crippen molar-refractivity contribution in [2.24, 2.45) is 0 Å². The minimum Gasteiger partial charge on any atom is -0.487 e. The van der Waals surface area contributed by atoms with Crippen LogP contribution in [0.5, 0.6) is 5.75 Å². The zero-order valence-corrected chi connectivity index (χ0v) is 15.0. The Hall–Kier alpha value is -2.83. The Bertz CT molecular complexity index is 1050. The van der Waals surface area contributed by atoms with Gasteiger partial charge in [0.15, 0.2) is 0 Å². The third-order valence-electron chi connectivity index (χ3n) is 5.74. The number of para-hydroxylation sites is 1. The average molecular weight is 385 g/mol. The van der Waals surface area contributed by atoms with Crippen LogP contribution >= 0.6 is 0 Å². The van der Waals surface area contributed by atoms with Crippen LogP contribution in [0, 0.1) is 0 Å². The summed E-state index contributed by atoms with van der Waals surface area (Å²) in [6.07, 6.45) is 0.824. The molecule has 2 heterocycles. The fraction of sp³-hybridized carbons (Fsp3) is 0.333. The van der Waals surface area contributed by atoms with Gasteiger partial charge in [0.05, 0.1) is 17.1 Å². The molecule has 1 aliphatic heterocycles. The average Bonchev–Trinajstić information content (AvgIpc) is 2.66. The number of nitrogens with zero attached hydrogens (tertiary/aromatic N) is 2. The molecule has 7 heteroatoms. The Morgan fingerprint density at radius 2 is 1.89 bits per heavy atom. The first-order chi connectivity index (χ1) is 13.4. The maximum atomic E-state index is 13.2. The molecule has 0 bridgehead atoms. The van der Waals surface area contributed by atoms with E-state index in [-0.39, 0.29) is 11.6 Å². The van der Waals surface area contributed by atoms with Crippen LogP contribution in [-0.2, 0) is 6.18 Å². The number of hydrogen-bond donors (Lipinski definition) is 1. The van der Waals surface area contributed by atoms with Crippen molar-refractivity contribution in [1.82, 2.24) is 9.97 Å². The van der Waals surface area contributed by atoms with Crippen molar-refractivity contribution in [3.63, 3.8) is 0 Å². The molecule has 3 aromatic rings. The van der Waals surface area contributed by atoms with Crippen molar-refractivity contribution >= 4 is 16.7 Å². The predicted molar refractivity (Wildman–Crippen MR) is 99.2 cm³/mol. The molecule has 4 nitrogen and oxygen atoms in total. The van der Waals surface area contributed by atoms with Crippen LogP contribution in [0.1, 0.15) is 42.9 Å². The highest BCUT2D eigenvalue weighted by atomic mass is 19.4. The maximum absolute atomic E-state index is 13.2. The summed E-state index contributed by atoms with van der Waals surface area (Å²) >= 11 is 0. The number of halogens is 3. The van der Waals surface area contributed by atoms with Gasteiger partial charge in [-0.25, -0.2) is 9.97 Å². The first-order valence-corrected chi connectivity index (χ1v) is 9.30. The summed E-state index contributed by atoms with van der Waals surface area (Å²) in [5.74, 6) is 1.24. The molecular formula is C21H18F3N3O. The summed E-state index contributed by atoms with van der Waals surface area (Å²) in [5.41, 5.74) is 0.579. The van der Waals surface area contributed by atoms with Gasteiger partial charge in [-0.1, -0.05) is 18.2 Å². The number of hydrogen-bond acceptors (Lipinski definition) is 4. The third-order valence-corrected chi connectivity index (χ3v) is 5.74. The van der Waals surface area contributed by atoms with Gasteiger partial charge in [-0.2, -0.15) is 13.2 Å². The van der Waals surface area contributed by atoms with Crippen molar-refractivity contribution in [1.29, 1.82) is 0 Å². The van der Waals surface area contributed by atoms with E-state index >= 15 is 0 Å². The lowest BCUT2D eigenvalue weighted by Crippen LogP contribution is -2.48. The van der Waals surface area contributed by atoms with Gasteiger partial charge < -0.3 is 10.1 Å². The van der Waals surface area contributed by atoms with Gasteiger partial charge >= 0.3 is 6.18 Å². The van der Waals surface area contributed by atoms with E-state index in [0.717, 1.165) is 49.1 Å². The van der Waals surface area contributed by atoms with Crippen molar-refractivity contribution in [2.75, 3.05) is 5.32 Å². The van der Waals surface area contributed by atoms with Gasteiger partial charge in [0.2, 0.25) is 0 Å². The highest BCUT2D eigenvalue weighted by molar-refractivity contribution is 5.89. The molecule has 1 saturated carbocycles. The lowest BCUT2D eigenvalue weighted by molar-refractivity contribution is -0.137. The number of anilines is 1. The van der Waals surface area contributed by atoms with Gasteiger partial charge in [0, 0.05) is 17.4 Å². The molecule has 1 spiro atoms. The molecule has 1 unspecified atom stereocenters. The van der Waals surface area contributed by atoms with E-state index in [9.17, 15) is 13.2 Å². The molecule has 144 valence electrons. The van der Waals surface area contributed by atoms with E-state index in [1.54, 1.807) is 0 Å². The van der Waals surface area contributed by atoms with Gasteiger partial charge in [0.1, 0.15) is 23.5 Å². The largest absolute Gasteiger partial charge is 0.487 e. The zero-order chi connectivity index (χ0) is 19.4. The van der Waals surface area contributed by atoms with Crippen molar-refractivity contribution in [3.05, 3.63) is 59.9 Å². The second-order valence-corrected chi connectivity index (χ2v) is 7.53. The SMILES string of the molecule is FC(F)(F)c1ccc2ncnc(NC3CC4(CCC4)Oc4ccccc43)c2c1. The number of rotatable bonds is 2. The van der Waals surface area contributed by atoms with E-state index < -0.39 is 11.7 Å². The monoisotopic (exact) mass is 385 g/mol. The number of fused-ring (bicyclic) bond motifs is 2. The van der Waals surface area contributed by atoms with E-state index in [1.807, 2.05) is 24.3 Å². The summed E-state index contributed by atoms with van der Waals surface area (Å²) in [7, 11) is 0. The minimum atomic E-state index is -4.41. The number of alkyl halides is 3. The van der Waals surface area contributed by atoms with Gasteiger partial charge in [-0.3, -0.25) is 0 Å². The molecule has 2 aliphatic rings. The summed E-state index contributed by atoms with van der Waals surface area (Å²) < 4.78 is 45.8. The highest BCUT2D eigenvalue weighted by Crippen LogP contribution is 2.49. The van der Waals surface area contributed by atoms with E-state index in [1.165, 1.54) is 12.4 Å². The lowest BCUT2D eigenvalue weighted by Gasteiger charge is -2.48. The predicted octanol–water partition coefficient (Wildman–Crippen LogP) is 5.51. The van der Waals surface area contributed by atoms with Gasteiger partial charge in [-0.05, 0) is 43.5 Å². The lowest BCUT2D eigenvalue weighted by atomic mass is 9.73.